The molecule has 0 aliphatic carbocycles. The molecule has 0 saturated carbocycles. The van der Waals surface area contributed by atoms with E-state index < -0.39 is 34.6 Å². The summed E-state index contributed by atoms with van der Waals surface area (Å²) < 4.78 is 44.7. The molecule has 6 nitrogen and oxygen atoms in total. The molecule has 0 fully saturated rings. The minimum atomic E-state index is -4.66. The SMILES string of the molecule is O=C(Oc1ccc2ccccc2c1)c1ccc(NC2=C(Cl)C(=O)N(c3cccc(C(F)(F)F)c3)C2=O)cc1. The second kappa shape index (κ2) is 9.68. The summed E-state index contributed by atoms with van der Waals surface area (Å²) in [7, 11) is 0. The third kappa shape index (κ3) is 4.83. The molecule has 10 heteroatoms. The van der Waals surface area contributed by atoms with Crippen LogP contribution >= 0.6 is 11.6 Å². The zero-order valence-electron chi connectivity index (χ0n) is 19.3. The van der Waals surface area contributed by atoms with Gasteiger partial charge in [-0.2, -0.15) is 13.2 Å². The van der Waals surface area contributed by atoms with Crippen LogP contribution in [0.3, 0.4) is 0 Å². The standard InChI is InChI=1S/C28H16ClF3N2O4/c29-23-24(26(36)34(25(23)35)21-7-3-6-19(15-21)28(30,31)32)33-20-11-8-17(9-12-20)27(37)38-22-13-10-16-4-1-2-5-18(16)14-22/h1-15,33H. The third-order valence-corrected chi connectivity index (χ3v) is 6.13. The summed E-state index contributed by atoms with van der Waals surface area (Å²) in [5, 5.41) is 4.15. The van der Waals surface area contributed by atoms with E-state index in [0.717, 1.165) is 22.9 Å². The number of halogens is 4. The first-order valence-corrected chi connectivity index (χ1v) is 11.5. The summed E-state index contributed by atoms with van der Waals surface area (Å²) in [6.45, 7) is 0. The average Bonchev–Trinajstić information content (AvgIpc) is 3.11. The lowest BCUT2D eigenvalue weighted by molar-refractivity contribution is -0.137. The van der Waals surface area contributed by atoms with Crippen LogP contribution in [0.25, 0.3) is 10.8 Å². The molecule has 1 aliphatic heterocycles. The third-order valence-electron chi connectivity index (χ3n) is 5.78. The van der Waals surface area contributed by atoms with Crippen LogP contribution in [0.2, 0.25) is 0 Å². The fourth-order valence-corrected chi connectivity index (χ4v) is 4.11. The first-order valence-electron chi connectivity index (χ1n) is 11.2. The Labute approximate surface area is 218 Å². The molecule has 38 heavy (non-hydrogen) atoms. The van der Waals surface area contributed by atoms with E-state index in [1.165, 1.54) is 30.3 Å². The molecule has 2 amide bonds. The lowest BCUT2D eigenvalue weighted by atomic mass is 10.1. The van der Waals surface area contributed by atoms with Gasteiger partial charge in [-0.15, -0.1) is 0 Å². The largest absolute Gasteiger partial charge is 0.423 e. The molecule has 1 heterocycles. The molecule has 0 spiro atoms. The number of amides is 2. The van der Waals surface area contributed by atoms with E-state index in [1.54, 1.807) is 12.1 Å². The van der Waals surface area contributed by atoms with Crippen molar-refractivity contribution in [2.24, 2.45) is 0 Å². The highest BCUT2D eigenvalue weighted by Gasteiger charge is 2.40. The molecule has 0 atom stereocenters. The number of esters is 1. The summed E-state index contributed by atoms with van der Waals surface area (Å²) in [6.07, 6.45) is -4.66. The van der Waals surface area contributed by atoms with Crippen molar-refractivity contribution < 1.29 is 32.3 Å². The molecule has 5 rings (SSSR count). The molecule has 4 aromatic rings. The molecule has 0 saturated heterocycles. The van der Waals surface area contributed by atoms with Crippen LogP contribution in [-0.4, -0.2) is 17.8 Å². The van der Waals surface area contributed by atoms with Gasteiger partial charge in [-0.05, 0) is 65.4 Å². The summed E-state index contributed by atoms with van der Waals surface area (Å²) in [5.41, 5.74) is -1.05. The van der Waals surface area contributed by atoms with Crippen molar-refractivity contribution in [3.63, 3.8) is 0 Å². The van der Waals surface area contributed by atoms with Crippen LogP contribution in [0.15, 0.2) is 102 Å². The molecular weight excluding hydrogens is 521 g/mol. The highest BCUT2D eigenvalue weighted by Crippen LogP contribution is 2.35. The van der Waals surface area contributed by atoms with Crippen molar-refractivity contribution in [1.82, 2.24) is 0 Å². The predicted molar refractivity (Wildman–Crippen MR) is 136 cm³/mol. The Bertz CT molecular complexity index is 1630. The van der Waals surface area contributed by atoms with Gasteiger partial charge in [0.25, 0.3) is 11.8 Å². The number of nitrogens with one attached hydrogen (secondary N) is 1. The van der Waals surface area contributed by atoms with Crippen LogP contribution in [0.1, 0.15) is 15.9 Å². The maximum Gasteiger partial charge on any atom is 0.416 e. The number of hydrogen-bond donors (Lipinski definition) is 1. The van der Waals surface area contributed by atoms with Crippen molar-refractivity contribution in [3.05, 3.63) is 113 Å². The number of imide groups is 1. The van der Waals surface area contributed by atoms with E-state index in [-0.39, 0.29) is 16.9 Å². The number of fused-ring (bicyclic) bond motifs is 1. The van der Waals surface area contributed by atoms with Crippen molar-refractivity contribution in [1.29, 1.82) is 0 Å². The van der Waals surface area contributed by atoms with Gasteiger partial charge in [0.1, 0.15) is 16.5 Å². The summed E-state index contributed by atoms with van der Waals surface area (Å²) in [5.74, 6) is -2.11. The van der Waals surface area contributed by atoms with Gasteiger partial charge in [-0.3, -0.25) is 9.59 Å². The average molecular weight is 537 g/mol. The predicted octanol–water partition coefficient (Wildman–Crippen LogP) is 6.51. The number of carbonyl (C=O) groups excluding carboxylic acids is 3. The van der Waals surface area contributed by atoms with Gasteiger partial charge in [-0.1, -0.05) is 48.0 Å². The minimum Gasteiger partial charge on any atom is -0.423 e. The first-order chi connectivity index (χ1) is 18.1. The Morgan fingerprint density at radius 3 is 2.24 bits per heavy atom. The molecule has 190 valence electrons. The van der Waals surface area contributed by atoms with E-state index >= 15 is 0 Å². The number of hydrogen-bond acceptors (Lipinski definition) is 5. The second-order valence-corrected chi connectivity index (χ2v) is 8.66. The van der Waals surface area contributed by atoms with E-state index in [2.05, 4.69) is 5.32 Å². The van der Waals surface area contributed by atoms with Gasteiger partial charge >= 0.3 is 12.1 Å². The van der Waals surface area contributed by atoms with E-state index in [1.807, 2.05) is 30.3 Å². The molecule has 0 aromatic heterocycles. The molecule has 4 aromatic carbocycles. The molecular formula is C28H16ClF3N2O4. The van der Waals surface area contributed by atoms with Gasteiger partial charge in [0.2, 0.25) is 0 Å². The highest BCUT2D eigenvalue weighted by molar-refractivity contribution is 6.53. The van der Waals surface area contributed by atoms with Crippen LogP contribution in [-0.2, 0) is 15.8 Å². The topological polar surface area (TPSA) is 75.7 Å². The normalized spacial score (nSPS) is 13.8. The fraction of sp³-hybridized carbons (Fsp3) is 0.0357. The number of carbonyl (C=O) groups is 3. The van der Waals surface area contributed by atoms with Gasteiger partial charge in [0, 0.05) is 5.69 Å². The Morgan fingerprint density at radius 2 is 1.53 bits per heavy atom. The summed E-state index contributed by atoms with van der Waals surface area (Å²) in [4.78, 5) is 38.7. The van der Waals surface area contributed by atoms with Crippen molar-refractivity contribution >= 4 is 51.5 Å². The number of ether oxygens (including phenoxy) is 1. The van der Waals surface area contributed by atoms with Crippen LogP contribution in [0.4, 0.5) is 24.5 Å². The maximum atomic E-state index is 13.1. The van der Waals surface area contributed by atoms with Crippen molar-refractivity contribution in [3.8, 4) is 5.75 Å². The minimum absolute atomic E-state index is 0.225. The summed E-state index contributed by atoms with van der Waals surface area (Å²) >= 11 is 6.07. The second-order valence-electron chi connectivity index (χ2n) is 8.28. The van der Waals surface area contributed by atoms with Gasteiger partial charge < -0.3 is 10.1 Å². The van der Waals surface area contributed by atoms with E-state index in [9.17, 15) is 27.6 Å². The van der Waals surface area contributed by atoms with E-state index in [0.29, 0.717) is 22.4 Å². The molecule has 0 radical (unpaired) electrons. The maximum absolute atomic E-state index is 13.1. The monoisotopic (exact) mass is 536 g/mol. The van der Waals surface area contributed by atoms with Crippen LogP contribution in [0, 0.1) is 0 Å². The molecule has 1 aliphatic rings. The molecule has 0 bridgehead atoms. The Hall–Kier alpha value is -4.63. The Morgan fingerprint density at radius 1 is 0.816 bits per heavy atom. The molecule has 1 N–H and O–H groups in total. The number of nitrogens with zero attached hydrogens (tertiary/aromatic N) is 1. The molecule has 0 unspecified atom stereocenters. The lowest BCUT2D eigenvalue weighted by Crippen LogP contribution is -2.32. The zero-order chi connectivity index (χ0) is 27.0. The number of alkyl halides is 3. The van der Waals surface area contributed by atoms with E-state index in [4.69, 9.17) is 16.3 Å². The highest BCUT2D eigenvalue weighted by atomic mass is 35.5. The smallest absolute Gasteiger partial charge is 0.416 e. The van der Waals surface area contributed by atoms with Crippen molar-refractivity contribution in [2.45, 2.75) is 6.18 Å². The first kappa shape index (κ1) is 25.0. The number of anilines is 2. The van der Waals surface area contributed by atoms with Crippen LogP contribution < -0.4 is 15.0 Å². The Balaban J connectivity index is 1.30. The van der Waals surface area contributed by atoms with Gasteiger partial charge in [0.05, 0.1) is 16.8 Å². The number of rotatable bonds is 5. The van der Waals surface area contributed by atoms with Crippen LogP contribution in [0.5, 0.6) is 5.75 Å². The van der Waals surface area contributed by atoms with Crippen molar-refractivity contribution in [2.75, 3.05) is 10.2 Å². The quantitative estimate of drug-likeness (QED) is 0.179. The number of benzene rings is 4. The fourth-order valence-electron chi connectivity index (χ4n) is 3.90. The van der Waals surface area contributed by atoms with Gasteiger partial charge in [0.15, 0.2) is 0 Å². The Kier molecular flexibility index (Phi) is 6.38. The van der Waals surface area contributed by atoms with Gasteiger partial charge in [-0.25, -0.2) is 9.69 Å². The summed E-state index contributed by atoms with van der Waals surface area (Å²) in [6, 6.07) is 22.6. The lowest BCUT2D eigenvalue weighted by Gasteiger charge is -2.17. The zero-order valence-corrected chi connectivity index (χ0v) is 20.0.